The van der Waals surface area contributed by atoms with Gasteiger partial charge in [-0.2, -0.15) is 0 Å². The number of carbonyl (C=O) groups is 1. The van der Waals surface area contributed by atoms with E-state index in [1.54, 1.807) is 30.6 Å². The van der Waals surface area contributed by atoms with E-state index < -0.39 is 0 Å². The summed E-state index contributed by atoms with van der Waals surface area (Å²) in [4.78, 5) is 19.8. The maximum Gasteiger partial charge on any atom is 0.270 e. The minimum atomic E-state index is -0.245. The number of hydrogen-bond donors (Lipinski definition) is 2. The van der Waals surface area contributed by atoms with Crippen molar-refractivity contribution in [2.24, 2.45) is 0 Å². The van der Waals surface area contributed by atoms with Gasteiger partial charge in [0, 0.05) is 18.9 Å². The van der Waals surface area contributed by atoms with E-state index in [1.165, 1.54) is 0 Å². The normalized spacial score (nSPS) is 10.1. The van der Waals surface area contributed by atoms with Gasteiger partial charge < -0.3 is 11.1 Å². The molecular weight excluding hydrogens is 228 g/mol. The second-order valence-electron chi connectivity index (χ2n) is 3.93. The Morgan fingerprint density at radius 2 is 2.22 bits per heavy atom. The Kier molecular flexibility index (Phi) is 3.52. The molecule has 2 aromatic heterocycles. The van der Waals surface area contributed by atoms with Crippen LogP contribution in [0.3, 0.4) is 0 Å². The molecule has 2 aromatic rings. The number of aromatic nitrogens is 2. The Bertz CT molecular complexity index is 568. The molecule has 0 bridgehead atoms. The minimum absolute atomic E-state index is 0.245. The molecule has 0 atom stereocenters. The van der Waals surface area contributed by atoms with Crippen LogP contribution in [0, 0.1) is 6.92 Å². The van der Waals surface area contributed by atoms with E-state index in [0.717, 1.165) is 11.1 Å². The summed E-state index contributed by atoms with van der Waals surface area (Å²) < 4.78 is 0. The van der Waals surface area contributed by atoms with Crippen LogP contribution in [0.1, 0.15) is 21.6 Å². The monoisotopic (exact) mass is 242 g/mol. The predicted octanol–water partition coefficient (Wildman–Crippen LogP) is 1.30. The van der Waals surface area contributed by atoms with Crippen LogP contribution >= 0.6 is 0 Å². The van der Waals surface area contributed by atoms with Crippen LogP contribution in [0.4, 0.5) is 5.82 Å². The molecule has 2 heterocycles. The number of hydrogen-bond acceptors (Lipinski definition) is 4. The molecule has 0 saturated heterocycles. The number of pyridine rings is 2. The van der Waals surface area contributed by atoms with Gasteiger partial charge in [-0.15, -0.1) is 0 Å². The minimum Gasteiger partial charge on any atom is -0.384 e. The Balaban J connectivity index is 2.03. The lowest BCUT2D eigenvalue weighted by atomic mass is 10.1. The molecule has 5 heteroatoms. The van der Waals surface area contributed by atoms with E-state index >= 15 is 0 Å². The number of aryl methyl sites for hydroxylation is 1. The molecular formula is C13H14N4O. The van der Waals surface area contributed by atoms with Crippen molar-refractivity contribution in [1.82, 2.24) is 15.3 Å². The summed E-state index contributed by atoms with van der Waals surface area (Å²) >= 11 is 0. The highest BCUT2D eigenvalue weighted by Gasteiger charge is 2.07. The van der Waals surface area contributed by atoms with E-state index in [-0.39, 0.29) is 5.91 Å². The smallest absolute Gasteiger partial charge is 0.270 e. The summed E-state index contributed by atoms with van der Waals surface area (Å²) in [7, 11) is 0. The zero-order chi connectivity index (χ0) is 13.0. The highest BCUT2D eigenvalue weighted by Crippen LogP contribution is 2.05. The van der Waals surface area contributed by atoms with E-state index in [2.05, 4.69) is 15.3 Å². The Morgan fingerprint density at radius 1 is 1.39 bits per heavy atom. The highest BCUT2D eigenvalue weighted by atomic mass is 16.1. The van der Waals surface area contributed by atoms with Gasteiger partial charge in [-0.05, 0) is 36.2 Å². The number of amides is 1. The Morgan fingerprint density at radius 3 is 2.94 bits per heavy atom. The number of anilines is 1. The summed E-state index contributed by atoms with van der Waals surface area (Å²) in [5.74, 6) is 0.0887. The fourth-order valence-corrected chi connectivity index (χ4v) is 1.53. The third-order valence-corrected chi connectivity index (χ3v) is 2.59. The van der Waals surface area contributed by atoms with Crippen molar-refractivity contribution >= 4 is 11.7 Å². The number of nitrogen functional groups attached to an aromatic ring is 1. The number of rotatable bonds is 3. The van der Waals surface area contributed by atoms with Crippen molar-refractivity contribution < 1.29 is 4.79 Å². The largest absolute Gasteiger partial charge is 0.384 e. The molecule has 0 fully saturated rings. The lowest BCUT2D eigenvalue weighted by molar-refractivity contribution is 0.0946. The number of nitrogens with two attached hydrogens (primary N) is 1. The fourth-order valence-electron chi connectivity index (χ4n) is 1.53. The third-order valence-electron chi connectivity index (χ3n) is 2.59. The maximum absolute atomic E-state index is 11.8. The molecule has 3 N–H and O–H groups in total. The Labute approximate surface area is 105 Å². The topological polar surface area (TPSA) is 80.9 Å². The molecule has 18 heavy (non-hydrogen) atoms. The molecule has 1 amide bonds. The average molecular weight is 242 g/mol. The fraction of sp³-hybridized carbons (Fsp3) is 0.154. The zero-order valence-corrected chi connectivity index (χ0v) is 10.1. The second-order valence-corrected chi connectivity index (χ2v) is 3.93. The standard InChI is InChI=1S/C13H14N4O/c1-9-5-6-15-7-10(9)8-16-13(18)11-3-2-4-12(14)17-11/h2-7H,8H2,1H3,(H2,14,17)(H,16,18). The molecule has 0 aromatic carbocycles. The number of carbonyl (C=O) groups excluding carboxylic acids is 1. The molecule has 5 nitrogen and oxygen atoms in total. The second kappa shape index (κ2) is 5.27. The van der Waals surface area contributed by atoms with Crippen molar-refractivity contribution in [3.63, 3.8) is 0 Å². The van der Waals surface area contributed by atoms with Gasteiger partial charge >= 0.3 is 0 Å². The molecule has 92 valence electrons. The average Bonchev–Trinajstić information content (AvgIpc) is 2.37. The first kappa shape index (κ1) is 12.0. The van der Waals surface area contributed by atoms with Gasteiger partial charge in [0.1, 0.15) is 11.5 Å². The van der Waals surface area contributed by atoms with Crippen molar-refractivity contribution in [3.05, 3.63) is 53.5 Å². The van der Waals surface area contributed by atoms with Crippen LogP contribution in [0.2, 0.25) is 0 Å². The van der Waals surface area contributed by atoms with Crippen molar-refractivity contribution in [2.45, 2.75) is 13.5 Å². The van der Waals surface area contributed by atoms with E-state index in [4.69, 9.17) is 5.73 Å². The number of nitrogens with one attached hydrogen (secondary N) is 1. The maximum atomic E-state index is 11.8. The predicted molar refractivity (Wildman–Crippen MR) is 68.8 cm³/mol. The van der Waals surface area contributed by atoms with Crippen LogP contribution in [0.5, 0.6) is 0 Å². The summed E-state index contributed by atoms with van der Waals surface area (Å²) in [6.45, 7) is 2.40. The SMILES string of the molecule is Cc1ccncc1CNC(=O)c1cccc(N)n1. The lowest BCUT2D eigenvalue weighted by Crippen LogP contribution is -2.24. The first-order chi connectivity index (χ1) is 8.66. The molecule has 0 aliphatic rings. The molecule has 0 saturated carbocycles. The molecule has 0 aliphatic carbocycles. The van der Waals surface area contributed by atoms with E-state index in [1.807, 2.05) is 13.0 Å². The van der Waals surface area contributed by atoms with Gasteiger partial charge in [0.15, 0.2) is 0 Å². The van der Waals surface area contributed by atoms with Gasteiger partial charge in [-0.3, -0.25) is 9.78 Å². The summed E-state index contributed by atoms with van der Waals surface area (Å²) in [6.07, 6.45) is 3.46. The van der Waals surface area contributed by atoms with E-state index in [0.29, 0.717) is 18.1 Å². The third kappa shape index (κ3) is 2.82. The zero-order valence-electron chi connectivity index (χ0n) is 10.1. The van der Waals surface area contributed by atoms with Crippen LogP contribution in [0.25, 0.3) is 0 Å². The van der Waals surface area contributed by atoms with Gasteiger partial charge in [0.05, 0.1) is 0 Å². The first-order valence-electron chi connectivity index (χ1n) is 5.57. The lowest BCUT2D eigenvalue weighted by Gasteiger charge is -2.07. The van der Waals surface area contributed by atoms with Crippen molar-refractivity contribution in [1.29, 1.82) is 0 Å². The molecule has 0 radical (unpaired) electrons. The van der Waals surface area contributed by atoms with Crippen molar-refractivity contribution in [2.75, 3.05) is 5.73 Å². The molecule has 2 rings (SSSR count). The molecule has 0 unspecified atom stereocenters. The Hall–Kier alpha value is -2.43. The summed E-state index contributed by atoms with van der Waals surface area (Å²) in [5, 5.41) is 2.79. The van der Waals surface area contributed by atoms with Crippen molar-refractivity contribution in [3.8, 4) is 0 Å². The summed E-state index contributed by atoms with van der Waals surface area (Å²) in [6, 6.07) is 6.87. The van der Waals surface area contributed by atoms with Gasteiger partial charge in [0.25, 0.3) is 5.91 Å². The quantitative estimate of drug-likeness (QED) is 0.850. The van der Waals surface area contributed by atoms with Crippen LogP contribution in [-0.4, -0.2) is 15.9 Å². The van der Waals surface area contributed by atoms with Gasteiger partial charge in [-0.1, -0.05) is 6.07 Å². The first-order valence-corrected chi connectivity index (χ1v) is 5.57. The molecule has 0 aliphatic heterocycles. The number of nitrogens with zero attached hydrogens (tertiary/aromatic N) is 2. The summed E-state index contributed by atoms with van der Waals surface area (Å²) in [5.41, 5.74) is 7.91. The van der Waals surface area contributed by atoms with Crippen LogP contribution in [0.15, 0.2) is 36.7 Å². The highest BCUT2D eigenvalue weighted by molar-refractivity contribution is 5.92. The van der Waals surface area contributed by atoms with Gasteiger partial charge in [-0.25, -0.2) is 4.98 Å². The van der Waals surface area contributed by atoms with Crippen LogP contribution < -0.4 is 11.1 Å². The van der Waals surface area contributed by atoms with Crippen LogP contribution in [-0.2, 0) is 6.54 Å². The molecule has 0 spiro atoms. The van der Waals surface area contributed by atoms with Gasteiger partial charge in [0.2, 0.25) is 0 Å². The van der Waals surface area contributed by atoms with E-state index in [9.17, 15) is 4.79 Å².